The zero-order valence-corrected chi connectivity index (χ0v) is 11.0. The SMILES string of the molecule is COC(=O)CCCN(C)C(=O)c1ccc(C)nc1. The fraction of sp³-hybridized carbons (Fsp3) is 0.462. The molecule has 0 spiro atoms. The highest BCUT2D eigenvalue weighted by atomic mass is 16.5. The van der Waals surface area contributed by atoms with Crippen LogP contribution in [-0.2, 0) is 9.53 Å². The average Bonchev–Trinajstić information content (AvgIpc) is 2.38. The maximum absolute atomic E-state index is 12.0. The number of esters is 1. The summed E-state index contributed by atoms with van der Waals surface area (Å²) < 4.78 is 4.54. The predicted molar refractivity (Wildman–Crippen MR) is 67.2 cm³/mol. The van der Waals surface area contributed by atoms with Crippen LogP contribution in [0.4, 0.5) is 0 Å². The Hall–Kier alpha value is -1.91. The maximum Gasteiger partial charge on any atom is 0.305 e. The molecule has 0 atom stereocenters. The highest BCUT2D eigenvalue weighted by Gasteiger charge is 2.12. The summed E-state index contributed by atoms with van der Waals surface area (Å²) >= 11 is 0. The molecule has 98 valence electrons. The van der Waals surface area contributed by atoms with Gasteiger partial charge >= 0.3 is 5.97 Å². The summed E-state index contributed by atoms with van der Waals surface area (Å²) in [6, 6.07) is 3.55. The molecule has 0 N–H and O–H groups in total. The number of hydrogen-bond donors (Lipinski definition) is 0. The minimum atomic E-state index is -0.257. The normalized spacial score (nSPS) is 9.94. The van der Waals surface area contributed by atoms with E-state index in [1.807, 2.05) is 6.92 Å². The van der Waals surface area contributed by atoms with E-state index >= 15 is 0 Å². The number of nitrogens with zero attached hydrogens (tertiary/aromatic N) is 2. The fourth-order valence-electron chi connectivity index (χ4n) is 1.48. The molecule has 1 heterocycles. The summed E-state index contributed by atoms with van der Waals surface area (Å²) in [4.78, 5) is 28.6. The van der Waals surface area contributed by atoms with Crippen molar-refractivity contribution in [2.24, 2.45) is 0 Å². The first-order valence-corrected chi connectivity index (χ1v) is 5.79. The summed E-state index contributed by atoms with van der Waals surface area (Å²) in [7, 11) is 3.06. The molecule has 0 fully saturated rings. The van der Waals surface area contributed by atoms with Gasteiger partial charge in [-0.3, -0.25) is 14.6 Å². The molecule has 0 bridgehead atoms. The molecular weight excluding hydrogens is 232 g/mol. The van der Waals surface area contributed by atoms with Crippen LogP contribution in [0, 0.1) is 6.92 Å². The Morgan fingerprint density at radius 1 is 1.39 bits per heavy atom. The predicted octanol–water partition coefficient (Wildman–Crippen LogP) is 1.42. The van der Waals surface area contributed by atoms with E-state index in [-0.39, 0.29) is 11.9 Å². The summed E-state index contributed by atoms with van der Waals surface area (Å²) in [6.45, 7) is 2.39. The molecule has 1 aromatic rings. The second-order valence-electron chi connectivity index (χ2n) is 4.09. The van der Waals surface area contributed by atoms with Gasteiger partial charge in [0.15, 0.2) is 0 Å². The van der Waals surface area contributed by atoms with Crippen molar-refractivity contribution in [3.05, 3.63) is 29.6 Å². The van der Waals surface area contributed by atoms with Gasteiger partial charge in [-0.05, 0) is 25.5 Å². The van der Waals surface area contributed by atoms with Crippen LogP contribution in [0.5, 0.6) is 0 Å². The molecule has 18 heavy (non-hydrogen) atoms. The van der Waals surface area contributed by atoms with Crippen LogP contribution >= 0.6 is 0 Å². The Morgan fingerprint density at radius 3 is 2.67 bits per heavy atom. The van der Waals surface area contributed by atoms with E-state index in [4.69, 9.17) is 0 Å². The standard InChI is InChI=1S/C13H18N2O3/c1-10-6-7-11(9-14-10)13(17)15(2)8-4-5-12(16)18-3/h6-7,9H,4-5,8H2,1-3H3. The number of aryl methyl sites for hydroxylation is 1. The van der Waals surface area contributed by atoms with E-state index in [9.17, 15) is 9.59 Å². The number of pyridine rings is 1. The number of amides is 1. The molecule has 0 aliphatic rings. The van der Waals surface area contributed by atoms with Crippen molar-refractivity contribution in [2.75, 3.05) is 20.7 Å². The van der Waals surface area contributed by atoms with Crippen LogP contribution in [0.1, 0.15) is 28.9 Å². The smallest absolute Gasteiger partial charge is 0.305 e. The highest BCUT2D eigenvalue weighted by molar-refractivity contribution is 5.93. The number of carbonyl (C=O) groups excluding carboxylic acids is 2. The van der Waals surface area contributed by atoms with Gasteiger partial charge in [0.25, 0.3) is 5.91 Å². The van der Waals surface area contributed by atoms with Crippen LogP contribution < -0.4 is 0 Å². The van der Waals surface area contributed by atoms with Crippen molar-refractivity contribution in [2.45, 2.75) is 19.8 Å². The zero-order chi connectivity index (χ0) is 13.5. The van der Waals surface area contributed by atoms with E-state index in [0.29, 0.717) is 24.9 Å². The largest absolute Gasteiger partial charge is 0.469 e. The first-order chi connectivity index (χ1) is 8.54. The number of rotatable bonds is 5. The lowest BCUT2D eigenvalue weighted by Crippen LogP contribution is -2.28. The van der Waals surface area contributed by atoms with E-state index in [1.165, 1.54) is 7.11 Å². The van der Waals surface area contributed by atoms with Gasteiger partial charge in [-0.2, -0.15) is 0 Å². The number of ether oxygens (including phenoxy) is 1. The molecule has 0 saturated heterocycles. The molecule has 0 aliphatic carbocycles. The van der Waals surface area contributed by atoms with Crippen molar-refractivity contribution in [3.8, 4) is 0 Å². The minimum absolute atomic E-state index is 0.0904. The topological polar surface area (TPSA) is 59.5 Å². The lowest BCUT2D eigenvalue weighted by Gasteiger charge is -2.16. The van der Waals surface area contributed by atoms with Crippen molar-refractivity contribution in [1.82, 2.24) is 9.88 Å². The van der Waals surface area contributed by atoms with Gasteiger partial charge in [-0.25, -0.2) is 0 Å². The summed E-state index contributed by atoms with van der Waals surface area (Å²) in [5.41, 5.74) is 1.43. The molecule has 0 unspecified atom stereocenters. The van der Waals surface area contributed by atoms with Crippen LogP contribution in [0.25, 0.3) is 0 Å². The Balaban J connectivity index is 2.46. The molecule has 5 heteroatoms. The highest BCUT2D eigenvalue weighted by Crippen LogP contribution is 2.04. The van der Waals surface area contributed by atoms with E-state index in [1.54, 1.807) is 30.3 Å². The van der Waals surface area contributed by atoms with Crippen molar-refractivity contribution < 1.29 is 14.3 Å². The second-order valence-corrected chi connectivity index (χ2v) is 4.09. The number of carbonyl (C=O) groups is 2. The lowest BCUT2D eigenvalue weighted by atomic mass is 10.2. The van der Waals surface area contributed by atoms with Gasteiger partial charge in [0, 0.05) is 31.9 Å². The van der Waals surface area contributed by atoms with E-state index < -0.39 is 0 Å². The second kappa shape index (κ2) is 6.74. The third-order valence-corrected chi connectivity index (χ3v) is 2.61. The molecule has 1 rings (SSSR count). The van der Waals surface area contributed by atoms with Gasteiger partial charge in [0.05, 0.1) is 12.7 Å². The van der Waals surface area contributed by atoms with Crippen LogP contribution in [0.15, 0.2) is 18.3 Å². The number of methoxy groups -OCH3 is 1. The third kappa shape index (κ3) is 4.16. The van der Waals surface area contributed by atoms with Gasteiger partial charge in [0.1, 0.15) is 0 Å². The van der Waals surface area contributed by atoms with Crippen LogP contribution in [0.2, 0.25) is 0 Å². The molecule has 1 amide bonds. The monoisotopic (exact) mass is 250 g/mol. The maximum atomic E-state index is 12.0. The van der Waals surface area contributed by atoms with Crippen LogP contribution in [0.3, 0.4) is 0 Å². The van der Waals surface area contributed by atoms with Gasteiger partial charge in [0.2, 0.25) is 0 Å². The van der Waals surface area contributed by atoms with Crippen LogP contribution in [-0.4, -0.2) is 42.5 Å². The third-order valence-electron chi connectivity index (χ3n) is 2.61. The Morgan fingerprint density at radius 2 is 2.11 bits per heavy atom. The molecule has 1 aromatic heterocycles. The average molecular weight is 250 g/mol. The number of aromatic nitrogens is 1. The fourth-order valence-corrected chi connectivity index (χ4v) is 1.48. The summed E-state index contributed by atoms with van der Waals surface area (Å²) in [6.07, 6.45) is 2.48. The Labute approximate surface area is 107 Å². The Bertz CT molecular complexity index is 415. The van der Waals surface area contributed by atoms with Gasteiger partial charge in [-0.1, -0.05) is 0 Å². The molecule has 0 aromatic carbocycles. The molecule has 0 aliphatic heterocycles. The first-order valence-electron chi connectivity index (χ1n) is 5.79. The van der Waals surface area contributed by atoms with Gasteiger partial charge < -0.3 is 9.64 Å². The summed E-state index contributed by atoms with van der Waals surface area (Å²) in [5.74, 6) is -0.347. The quantitative estimate of drug-likeness (QED) is 0.741. The summed E-state index contributed by atoms with van der Waals surface area (Å²) in [5, 5.41) is 0. The number of hydrogen-bond acceptors (Lipinski definition) is 4. The first kappa shape index (κ1) is 14.2. The molecule has 0 saturated carbocycles. The molecular formula is C13H18N2O3. The lowest BCUT2D eigenvalue weighted by molar-refractivity contribution is -0.140. The van der Waals surface area contributed by atoms with E-state index in [0.717, 1.165) is 5.69 Å². The van der Waals surface area contributed by atoms with Crippen molar-refractivity contribution in [1.29, 1.82) is 0 Å². The van der Waals surface area contributed by atoms with Gasteiger partial charge in [-0.15, -0.1) is 0 Å². The van der Waals surface area contributed by atoms with Crippen molar-refractivity contribution >= 4 is 11.9 Å². The minimum Gasteiger partial charge on any atom is -0.469 e. The van der Waals surface area contributed by atoms with Crippen molar-refractivity contribution in [3.63, 3.8) is 0 Å². The zero-order valence-electron chi connectivity index (χ0n) is 11.0. The molecule has 0 radical (unpaired) electrons. The molecule has 5 nitrogen and oxygen atoms in total. The Kier molecular flexibility index (Phi) is 5.30. The van der Waals surface area contributed by atoms with E-state index in [2.05, 4.69) is 9.72 Å².